The smallest absolute Gasteiger partial charge is 0.239 e. The number of hydrogen-bond donors (Lipinski definition) is 0. The van der Waals surface area contributed by atoms with Crippen LogP contribution in [0.25, 0.3) is 0 Å². The molecule has 1 amide bonds. The minimum Gasteiger partial charge on any atom is -0.339 e. The van der Waals surface area contributed by atoms with E-state index in [0.717, 1.165) is 26.2 Å². The van der Waals surface area contributed by atoms with Gasteiger partial charge in [-0.2, -0.15) is 0 Å². The minimum atomic E-state index is 0.0425. The summed E-state index contributed by atoms with van der Waals surface area (Å²) < 4.78 is 0. The van der Waals surface area contributed by atoms with Crippen LogP contribution in [-0.4, -0.2) is 72.0 Å². The molecule has 2 saturated heterocycles. The molecule has 18 heavy (non-hydrogen) atoms. The lowest BCUT2D eigenvalue weighted by molar-refractivity contribution is -0.139. The van der Waals surface area contributed by atoms with Crippen molar-refractivity contribution in [3.63, 3.8) is 0 Å². The average molecular weight is 253 g/mol. The van der Waals surface area contributed by atoms with Crippen LogP contribution in [0.4, 0.5) is 0 Å². The van der Waals surface area contributed by atoms with E-state index >= 15 is 0 Å². The number of nitrogens with zero attached hydrogens (tertiary/aromatic N) is 3. The highest BCUT2D eigenvalue weighted by Gasteiger charge is 2.36. The maximum Gasteiger partial charge on any atom is 0.239 e. The predicted molar refractivity (Wildman–Crippen MR) is 73.5 cm³/mol. The van der Waals surface area contributed by atoms with Crippen molar-refractivity contribution < 1.29 is 4.79 Å². The Kier molecular flexibility index (Phi) is 4.28. The van der Waals surface area contributed by atoms with Gasteiger partial charge in [0.05, 0.1) is 6.04 Å². The fourth-order valence-electron chi connectivity index (χ4n) is 3.40. The van der Waals surface area contributed by atoms with Crippen LogP contribution in [0.15, 0.2) is 0 Å². The van der Waals surface area contributed by atoms with E-state index in [9.17, 15) is 4.79 Å². The number of rotatable bonds is 2. The first-order valence-corrected chi connectivity index (χ1v) is 7.25. The number of carbonyl (C=O) groups excluding carboxylic acids is 1. The van der Waals surface area contributed by atoms with Gasteiger partial charge in [-0.25, -0.2) is 0 Å². The Morgan fingerprint density at radius 1 is 1.06 bits per heavy atom. The van der Waals surface area contributed by atoms with Gasteiger partial charge in [-0.15, -0.1) is 0 Å². The molecule has 2 rings (SSSR count). The molecule has 0 spiro atoms. The molecule has 0 N–H and O–H groups in total. The standard InChI is InChI=1S/C14H27N3O/c1-11-5-6-12(2)17(11)13(3)14(18)16-9-7-15(4)8-10-16/h11-13H,5-10H2,1-4H3. The lowest BCUT2D eigenvalue weighted by Crippen LogP contribution is -2.55. The van der Waals surface area contributed by atoms with E-state index < -0.39 is 0 Å². The minimum absolute atomic E-state index is 0.0425. The molecule has 0 bridgehead atoms. The summed E-state index contributed by atoms with van der Waals surface area (Å²) in [7, 11) is 2.12. The van der Waals surface area contributed by atoms with E-state index in [0.29, 0.717) is 18.0 Å². The molecule has 0 aromatic rings. The van der Waals surface area contributed by atoms with E-state index in [2.05, 4.69) is 37.6 Å². The van der Waals surface area contributed by atoms with Crippen molar-refractivity contribution in [1.29, 1.82) is 0 Å². The molecule has 0 aromatic heterocycles. The Morgan fingerprint density at radius 2 is 1.56 bits per heavy atom. The summed E-state index contributed by atoms with van der Waals surface area (Å²) >= 11 is 0. The molecule has 4 nitrogen and oxygen atoms in total. The van der Waals surface area contributed by atoms with Crippen molar-refractivity contribution in [2.24, 2.45) is 0 Å². The zero-order chi connectivity index (χ0) is 13.3. The summed E-state index contributed by atoms with van der Waals surface area (Å²) in [4.78, 5) is 19.3. The maximum absolute atomic E-state index is 12.5. The molecule has 0 aliphatic carbocycles. The number of amides is 1. The topological polar surface area (TPSA) is 26.8 Å². The number of hydrogen-bond acceptors (Lipinski definition) is 3. The van der Waals surface area contributed by atoms with Gasteiger partial charge in [0.25, 0.3) is 0 Å². The Morgan fingerprint density at radius 3 is 2.06 bits per heavy atom. The summed E-state index contributed by atoms with van der Waals surface area (Å²) in [5, 5.41) is 0. The molecule has 0 radical (unpaired) electrons. The van der Waals surface area contributed by atoms with Crippen LogP contribution >= 0.6 is 0 Å². The van der Waals surface area contributed by atoms with Crippen molar-refractivity contribution in [2.45, 2.75) is 51.7 Å². The highest BCUT2D eigenvalue weighted by Crippen LogP contribution is 2.26. The highest BCUT2D eigenvalue weighted by atomic mass is 16.2. The summed E-state index contributed by atoms with van der Waals surface area (Å²) in [5.74, 6) is 0.323. The van der Waals surface area contributed by atoms with Gasteiger partial charge in [0.15, 0.2) is 0 Å². The lowest BCUT2D eigenvalue weighted by Gasteiger charge is -2.38. The van der Waals surface area contributed by atoms with Crippen LogP contribution in [-0.2, 0) is 4.79 Å². The predicted octanol–water partition coefficient (Wildman–Crippen LogP) is 1.02. The molecular formula is C14H27N3O. The Balaban J connectivity index is 1.96. The van der Waals surface area contributed by atoms with Crippen LogP contribution in [0.2, 0.25) is 0 Å². The summed E-state index contributed by atoms with van der Waals surface area (Å²) in [6, 6.07) is 1.14. The molecule has 0 saturated carbocycles. The fourth-order valence-corrected chi connectivity index (χ4v) is 3.40. The van der Waals surface area contributed by atoms with Gasteiger partial charge >= 0.3 is 0 Å². The van der Waals surface area contributed by atoms with Crippen LogP contribution in [0.5, 0.6) is 0 Å². The van der Waals surface area contributed by atoms with Gasteiger partial charge in [-0.3, -0.25) is 9.69 Å². The second kappa shape index (κ2) is 5.57. The summed E-state index contributed by atoms with van der Waals surface area (Å²) in [5.41, 5.74) is 0. The van der Waals surface area contributed by atoms with Gasteiger partial charge < -0.3 is 9.80 Å². The van der Waals surface area contributed by atoms with Crippen LogP contribution in [0.1, 0.15) is 33.6 Å². The molecule has 2 aliphatic rings. The van der Waals surface area contributed by atoms with E-state index in [-0.39, 0.29) is 6.04 Å². The highest BCUT2D eigenvalue weighted by molar-refractivity contribution is 5.81. The lowest BCUT2D eigenvalue weighted by atomic mass is 10.1. The van der Waals surface area contributed by atoms with Crippen molar-refractivity contribution in [2.75, 3.05) is 33.2 Å². The number of carbonyl (C=O) groups is 1. The molecule has 104 valence electrons. The van der Waals surface area contributed by atoms with Gasteiger partial charge in [0.1, 0.15) is 0 Å². The number of likely N-dealkylation sites (tertiary alicyclic amines) is 1. The van der Waals surface area contributed by atoms with E-state index in [1.807, 2.05) is 4.90 Å². The van der Waals surface area contributed by atoms with E-state index in [1.165, 1.54) is 12.8 Å². The zero-order valence-electron chi connectivity index (χ0n) is 12.2. The first-order valence-electron chi connectivity index (χ1n) is 7.25. The zero-order valence-corrected chi connectivity index (χ0v) is 12.2. The van der Waals surface area contributed by atoms with Crippen molar-refractivity contribution in [1.82, 2.24) is 14.7 Å². The Hall–Kier alpha value is -0.610. The molecule has 3 atom stereocenters. The Labute approximate surface area is 111 Å². The van der Waals surface area contributed by atoms with Crippen LogP contribution in [0, 0.1) is 0 Å². The Bertz CT molecular complexity index is 289. The fraction of sp³-hybridized carbons (Fsp3) is 0.929. The van der Waals surface area contributed by atoms with Gasteiger partial charge in [-0.1, -0.05) is 0 Å². The number of likely N-dealkylation sites (N-methyl/N-ethyl adjacent to an activating group) is 1. The normalized spacial score (nSPS) is 32.8. The number of piperazine rings is 1. The maximum atomic E-state index is 12.5. The van der Waals surface area contributed by atoms with Crippen LogP contribution in [0.3, 0.4) is 0 Å². The van der Waals surface area contributed by atoms with Gasteiger partial charge in [0, 0.05) is 38.3 Å². The summed E-state index contributed by atoms with van der Waals surface area (Å²) in [6.07, 6.45) is 2.45. The second-order valence-electron chi connectivity index (χ2n) is 6.03. The molecule has 4 heteroatoms. The van der Waals surface area contributed by atoms with Gasteiger partial charge in [-0.05, 0) is 40.7 Å². The molecule has 0 aromatic carbocycles. The van der Waals surface area contributed by atoms with E-state index in [1.54, 1.807) is 0 Å². The third-order valence-corrected chi connectivity index (χ3v) is 4.64. The van der Waals surface area contributed by atoms with Gasteiger partial charge in [0.2, 0.25) is 5.91 Å². The first-order chi connectivity index (χ1) is 8.50. The molecular weight excluding hydrogens is 226 g/mol. The second-order valence-corrected chi connectivity index (χ2v) is 6.03. The van der Waals surface area contributed by atoms with Crippen molar-refractivity contribution >= 4 is 5.91 Å². The summed E-state index contributed by atoms with van der Waals surface area (Å²) in [6.45, 7) is 10.4. The van der Waals surface area contributed by atoms with Crippen molar-refractivity contribution in [3.8, 4) is 0 Å². The first kappa shape index (κ1) is 13.8. The van der Waals surface area contributed by atoms with Crippen molar-refractivity contribution in [3.05, 3.63) is 0 Å². The van der Waals surface area contributed by atoms with Crippen LogP contribution < -0.4 is 0 Å². The monoisotopic (exact) mass is 253 g/mol. The molecule has 3 unspecified atom stereocenters. The van der Waals surface area contributed by atoms with E-state index in [4.69, 9.17) is 0 Å². The molecule has 2 aliphatic heterocycles. The quantitative estimate of drug-likeness (QED) is 0.735. The third kappa shape index (κ3) is 2.69. The molecule has 2 heterocycles. The SMILES string of the molecule is CC1CCC(C)N1C(C)C(=O)N1CCN(C)CC1. The third-order valence-electron chi connectivity index (χ3n) is 4.64. The largest absolute Gasteiger partial charge is 0.339 e. The molecule has 2 fully saturated rings. The average Bonchev–Trinajstić information content (AvgIpc) is 2.68.